The summed E-state index contributed by atoms with van der Waals surface area (Å²) in [7, 11) is 0. The topological polar surface area (TPSA) is 77.1 Å². The van der Waals surface area contributed by atoms with Crippen LogP contribution in [0, 0.1) is 6.92 Å². The normalized spacial score (nSPS) is 14.8. The first-order valence-corrected chi connectivity index (χ1v) is 9.81. The first-order chi connectivity index (χ1) is 14.9. The summed E-state index contributed by atoms with van der Waals surface area (Å²) in [5.41, 5.74) is -1.69. The molecule has 0 atom stereocenters. The van der Waals surface area contributed by atoms with E-state index in [1.54, 1.807) is 0 Å². The monoisotopic (exact) mass is 460 g/mol. The number of alkyl halides is 6. The summed E-state index contributed by atoms with van der Waals surface area (Å²) in [5, 5.41) is 9.74. The molecule has 32 heavy (non-hydrogen) atoms. The van der Waals surface area contributed by atoms with Gasteiger partial charge in [0.05, 0.1) is 6.20 Å². The van der Waals surface area contributed by atoms with Crippen molar-refractivity contribution >= 4 is 11.6 Å². The van der Waals surface area contributed by atoms with Crippen molar-refractivity contribution in [1.82, 2.24) is 29.7 Å². The molecule has 0 spiro atoms. The fourth-order valence-electron chi connectivity index (χ4n) is 3.33. The van der Waals surface area contributed by atoms with Crippen LogP contribution in [-0.4, -0.2) is 36.8 Å². The van der Waals surface area contributed by atoms with Crippen LogP contribution < -0.4 is 5.32 Å². The lowest BCUT2D eigenvalue weighted by Crippen LogP contribution is -2.26. The van der Waals surface area contributed by atoms with Gasteiger partial charge in [0.1, 0.15) is 11.3 Å². The molecule has 13 heteroatoms. The van der Waals surface area contributed by atoms with Crippen molar-refractivity contribution in [3.63, 3.8) is 0 Å². The number of nitrogens with zero attached hydrogens (tertiary/aromatic N) is 5. The van der Waals surface area contributed by atoms with E-state index in [4.69, 9.17) is 0 Å². The van der Waals surface area contributed by atoms with Gasteiger partial charge in [-0.3, -0.25) is 9.48 Å². The van der Waals surface area contributed by atoms with Gasteiger partial charge >= 0.3 is 12.4 Å². The maximum Gasteiger partial charge on any atom is 0.435 e. The van der Waals surface area contributed by atoms with E-state index in [2.05, 4.69) is 20.5 Å². The lowest BCUT2D eigenvalue weighted by atomic mass is 10.2. The Hall–Kier alpha value is -3.12. The van der Waals surface area contributed by atoms with Crippen LogP contribution in [0.3, 0.4) is 0 Å². The van der Waals surface area contributed by atoms with Gasteiger partial charge in [-0.25, -0.2) is 9.50 Å². The molecular formula is C19H18F6N6O. The van der Waals surface area contributed by atoms with Crippen LogP contribution >= 0.6 is 0 Å². The number of hydrogen-bond donors (Lipinski definition) is 1. The van der Waals surface area contributed by atoms with Gasteiger partial charge in [-0.05, 0) is 38.3 Å². The second-order valence-electron chi connectivity index (χ2n) is 7.63. The van der Waals surface area contributed by atoms with Gasteiger partial charge in [0.25, 0.3) is 5.91 Å². The molecule has 0 bridgehead atoms. The van der Waals surface area contributed by atoms with Crippen LogP contribution in [0.15, 0.2) is 18.3 Å². The van der Waals surface area contributed by atoms with Crippen molar-refractivity contribution in [2.75, 3.05) is 6.54 Å². The third kappa shape index (κ3) is 4.41. The largest absolute Gasteiger partial charge is 0.435 e. The van der Waals surface area contributed by atoms with E-state index in [9.17, 15) is 31.1 Å². The summed E-state index contributed by atoms with van der Waals surface area (Å²) in [5.74, 6) is -0.729. The number of hydrogen-bond acceptors (Lipinski definition) is 4. The minimum atomic E-state index is -4.67. The van der Waals surface area contributed by atoms with E-state index in [0.29, 0.717) is 10.2 Å². The second kappa shape index (κ2) is 7.78. The summed E-state index contributed by atoms with van der Waals surface area (Å²) in [6.07, 6.45) is -6.45. The standard InChI is InChI=1S/C19H18F6N6O/c1-10-7-14(18(20,21)22)29-30(10)6-2-5-26-17(32)12-9-27-31-15(19(23,24)25)8-13(11-3-4-11)28-16(12)31/h7-9,11H,2-6H2,1H3,(H,26,32). The van der Waals surface area contributed by atoms with Crippen LogP contribution in [0.2, 0.25) is 0 Å². The first-order valence-electron chi connectivity index (χ1n) is 9.81. The summed E-state index contributed by atoms with van der Waals surface area (Å²) in [6.45, 7) is 1.69. The Labute approximate surface area is 177 Å². The lowest BCUT2D eigenvalue weighted by molar-refractivity contribution is -0.143. The zero-order valence-electron chi connectivity index (χ0n) is 16.8. The highest BCUT2D eigenvalue weighted by atomic mass is 19.4. The number of halogens is 6. The van der Waals surface area contributed by atoms with Crippen LogP contribution in [-0.2, 0) is 18.9 Å². The van der Waals surface area contributed by atoms with Gasteiger partial charge in [-0.15, -0.1) is 0 Å². The van der Waals surface area contributed by atoms with E-state index in [1.807, 2.05) is 0 Å². The molecule has 1 fully saturated rings. The SMILES string of the molecule is Cc1cc(C(F)(F)F)nn1CCCNC(=O)c1cnn2c(C(F)(F)F)cc(C3CC3)nc12. The fraction of sp³-hybridized carbons (Fsp3) is 0.474. The maximum absolute atomic E-state index is 13.4. The Morgan fingerprint density at radius 1 is 1.16 bits per heavy atom. The minimum Gasteiger partial charge on any atom is -0.352 e. The summed E-state index contributed by atoms with van der Waals surface area (Å²) >= 11 is 0. The van der Waals surface area contributed by atoms with E-state index < -0.39 is 29.6 Å². The van der Waals surface area contributed by atoms with Crippen LogP contribution in [0.25, 0.3) is 5.65 Å². The molecule has 3 heterocycles. The van der Waals surface area contributed by atoms with Gasteiger partial charge in [0.15, 0.2) is 11.3 Å². The summed E-state index contributed by atoms with van der Waals surface area (Å²) < 4.78 is 80.3. The van der Waals surface area contributed by atoms with Crippen LogP contribution in [0.4, 0.5) is 26.3 Å². The predicted molar refractivity (Wildman–Crippen MR) is 98.9 cm³/mol. The molecule has 172 valence electrons. The smallest absolute Gasteiger partial charge is 0.352 e. The average Bonchev–Trinajstić information content (AvgIpc) is 3.34. The third-order valence-corrected chi connectivity index (χ3v) is 5.13. The molecule has 0 radical (unpaired) electrons. The molecule has 1 amide bonds. The zero-order valence-corrected chi connectivity index (χ0v) is 16.8. The highest BCUT2D eigenvalue weighted by molar-refractivity contribution is 5.99. The van der Waals surface area contributed by atoms with E-state index >= 15 is 0 Å². The molecule has 3 aromatic rings. The van der Waals surface area contributed by atoms with Gasteiger partial charge in [-0.1, -0.05) is 0 Å². The predicted octanol–water partition coefficient (Wildman–Crippen LogP) is 3.97. The van der Waals surface area contributed by atoms with Crippen molar-refractivity contribution < 1.29 is 31.1 Å². The Morgan fingerprint density at radius 2 is 1.88 bits per heavy atom. The minimum absolute atomic E-state index is 0.0641. The molecule has 0 aliphatic heterocycles. The zero-order chi connectivity index (χ0) is 23.3. The molecule has 0 saturated heterocycles. The second-order valence-corrected chi connectivity index (χ2v) is 7.63. The van der Waals surface area contributed by atoms with E-state index in [-0.39, 0.29) is 42.3 Å². The number of fused-ring (bicyclic) bond motifs is 1. The summed E-state index contributed by atoms with van der Waals surface area (Å²) in [6, 6.07) is 1.89. The quantitative estimate of drug-likeness (QED) is 0.446. The van der Waals surface area contributed by atoms with Crippen molar-refractivity contribution in [1.29, 1.82) is 0 Å². The van der Waals surface area contributed by atoms with Gasteiger partial charge in [0, 0.05) is 30.4 Å². The molecule has 1 N–H and O–H groups in total. The van der Waals surface area contributed by atoms with Gasteiger partial charge in [0.2, 0.25) is 0 Å². The maximum atomic E-state index is 13.4. The van der Waals surface area contributed by atoms with Crippen LogP contribution in [0.5, 0.6) is 0 Å². The Kier molecular flexibility index (Phi) is 5.37. The Bertz CT molecular complexity index is 1160. The molecule has 0 unspecified atom stereocenters. The van der Waals surface area contributed by atoms with Crippen molar-refractivity contribution in [3.05, 3.63) is 46.7 Å². The van der Waals surface area contributed by atoms with E-state index in [0.717, 1.165) is 31.2 Å². The molecule has 0 aromatic carbocycles. The van der Waals surface area contributed by atoms with Crippen molar-refractivity contribution in [2.24, 2.45) is 0 Å². The molecule has 1 saturated carbocycles. The number of rotatable bonds is 6. The Balaban J connectivity index is 1.45. The number of carbonyl (C=O) groups is 1. The van der Waals surface area contributed by atoms with Crippen molar-refractivity contribution in [2.45, 2.75) is 51.0 Å². The number of aromatic nitrogens is 5. The highest BCUT2D eigenvalue weighted by Crippen LogP contribution is 2.41. The molecular weight excluding hydrogens is 442 g/mol. The first kappa shape index (κ1) is 22.1. The molecule has 7 nitrogen and oxygen atoms in total. The fourth-order valence-corrected chi connectivity index (χ4v) is 3.33. The molecule has 1 aliphatic carbocycles. The van der Waals surface area contributed by atoms with Gasteiger partial charge < -0.3 is 5.32 Å². The average molecular weight is 460 g/mol. The molecule has 3 aromatic heterocycles. The number of nitrogens with one attached hydrogen (secondary N) is 1. The molecule has 4 rings (SSSR count). The highest BCUT2D eigenvalue weighted by Gasteiger charge is 2.38. The number of aryl methyl sites for hydroxylation is 2. The Morgan fingerprint density at radius 3 is 2.47 bits per heavy atom. The molecule has 1 aliphatic rings. The summed E-state index contributed by atoms with van der Waals surface area (Å²) in [4.78, 5) is 16.8. The van der Waals surface area contributed by atoms with Crippen molar-refractivity contribution in [3.8, 4) is 0 Å². The van der Waals surface area contributed by atoms with E-state index in [1.165, 1.54) is 11.6 Å². The number of carbonyl (C=O) groups excluding carboxylic acids is 1. The van der Waals surface area contributed by atoms with Crippen LogP contribution in [0.1, 0.15) is 58.3 Å². The lowest BCUT2D eigenvalue weighted by Gasteiger charge is -2.11. The number of amides is 1. The van der Waals surface area contributed by atoms with Gasteiger partial charge in [-0.2, -0.15) is 36.5 Å². The third-order valence-electron chi connectivity index (χ3n) is 5.13.